The minimum absolute atomic E-state index is 0.126. The average Bonchev–Trinajstić information content (AvgIpc) is 2.19. The highest BCUT2D eigenvalue weighted by atomic mass is 79.9. The number of hydrogen-bond acceptors (Lipinski definition) is 1. The number of hydrogen-bond donors (Lipinski definition) is 1. The van der Waals surface area contributed by atoms with Gasteiger partial charge in [-0.05, 0) is 18.1 Å². The Morgan fingerprint density at radius 1 is 1.33 bits per heavy atom. The highest BCUT2D eigenvalue weighted by Gasteiger charge is 2.20. The van der Waals surface area contributed by atoms with Crippen LogP contribution in [0.25, 0.3) is 0 Å². The predicted molar refractivity (Wildman–Crippen MR) is 63.1 cm³/mol. The van der Waals surface area contributed by atoms with Crippen molar-refractivity contribution in [3.63, 3.8) is 0 Å². The molecular weight excluding hydrogens is 259 g/mol. The Labute approximate surface area is 98.4 Å². The molecule has 1 nitrogen and oxygen atoms in total. The van der Waals surface area contributed by atoms with Crippen molar-refractivity contribution in [1.82, 2.24) is 0 Å². The number of rotatable bonds is 4. The third kappa shape index (κ3) is 3.02. The molecule has 0 spiro atoms. The first-order chi connectivity index (χ1) is 7.10. The lowest BCUT2D eigenvalue weighted by Crippen LogP contribution is -2.12. The zero-order valence-corrected chi connectivity index (χ0v) is 10.6. The van der Waals surface area contributed by atoms with E-state index in [9.17, 15) is 9.50 Å². The van der Waals surface area contributed by atoms with Crippen LogP contribution < -0.4 is 0 Å². The molecule has 15 heavy (non-hydrogen) atoms. The van der Waals surface area contributed by atoms with Gasteiger partial charge in [0.25, 0.3) is 0 Å². The summed E-state index contributed by atoms with van der Waals surface area (Å²) in [6.45, 7) is 4.02. The van der Waals surface area contributed by atoms with Crippen molar-refractivity contribution in [3.8, 4) is 0 Å². The monoisotopic (exact) mass is 274 g/mol. The van der Waals surface area contributed by atoms with E-state index in [1.807, 2.05) is 13.8 Å². The zero-order chi connectivity index (χ0) is 11.4. The highest BCUT2D eigenvalue weighted by Crippen LogP contribution is 2.29. The van der Waals surface area contributed by atoms with Gasteiger partial charge in [-0.25, -0.2) is 4.39 Å². The zero-order valence-electron chi connectivity index (χ0n) is 9.00. The van der Waals surface area contributed by atoms with Gasteiger partial charge in [-0.2, -0.15) is 0 Å². The van der Waals surface area contributed by atoms with Gasteiger partial charge in [-0.3, -0.25) is 0 Å². The van der Waals surface area contributed by atoms with E-state index in [-0.39, 0.29) is 11.7 Å². The minimum atomic E-state index is -0.701. The lowest BCUT2D eigenvalue weighted by atomic mass is 9.91. The summed E-state index contributed by atoms with van der Waals surface area (Å²) in [5.74, 6) is -0.218. The summed E-state index contributed by atoms with van der Waals surface area (Å²) in [5.41, 5.74) is 0.395. The van der Waals surface area contributed by atoms with Crippen molar-refractivity contribution in [3.05, 3.63) is 34.1 Å². The lowest BCUT2D eigenvalue weighted by molar-refractivity contribution is 0.0996. The number of halogens is 2. The topological polar surface area (TPSA) is 20.2 Å². The molecule has 0 heterocycles. The molecule has 3 heteroatoms. The van der Waals surface area contributed by atoms with Crippen molar-refractivity contribution in [2.45, 2.75) is 32.8 Å². The fourth-order valence-electron chi connectivity index (χ4n) is 1.73. The van der Waals surface area contributed by atoms with Gasteiger partial charge in [0, 0.05) is 10.0 Å². The van der Waals surface area contributed by atoms with E-state index in [1.165, 1.54) is 6.07 Å². The smallest absolute Gasteiger partial charge is 0.130 e. The van der Waals surface area contributed by atoms with Crippen molar-refractivity contribution >= 4 is 15.9 Å². The van der Waals surface area contributed by atoms with Crippen LogP contribution in [-0.4, -0.2) is 5.11 Å². The van der Waals surface area contributed by atoms with Crippen LogP contribution in [0.3, 0.4) is 0 Å². The summed E-state index contributed by atoms with van der Waals surface area (Å²) in [6.07, 6.45) is 1.01. The Hall–Kier alpha value is -0.410. The molecule has 0 amide bonds. The SMILES string of the molecule is CCC(CC)C(O)c1ccc(Br)cc1F. The molecule has 0 aliphatic rings. The summed E-state index contributed by atoms with van der Waals surface area (Å²) in [6, 6.07) is 4.79. The fourth-order valence-corrected chi connectivity index (χ4v) is 2.06. The maximum atomic E-state index is 13.5. The molecule has 0 aliphatic carbocycles. The first kappa shape index (κ1) is 12.7. The molecule has 0 aromatic heterocycles. The van der Waals surface area contributed by atoms with Crippen molar-refractivity contribution in [2.75, 3.05) is 0 Å². The van der Waals surface area contributed by atoms with Crippen LogP contribution in [0.4, 0.5) is 4.39 Å². The van der Waals surface area contributed by atoms with Gasteiger partial charge in [0.2, 0.25) is 0 Å². The van der Waals surface area contributed by atoms with Gasteiger partial charge in [0.05, 0.1) is 6.10 Å². The maximum Gasteiger partial charge on any atom is 0.130 e. The molecule has 0 saturated heterocycles. The second-order valence-electron chi connectivity index (χ2n) is 3.69. The number of aliphatic hydroxyl groups excluding tert-OH is 1. The molecule has 1 rings (SSSR count). The Balaban J connectivity index is 2.94. The third-order valence-corrected chi connectivity index (χ3v) is 3.27. The molecule has 0 radical (unpaired) electrons. The van der Waals surface area contributed by atoms with Crippen LogP contribution in [0.15, 0.2) is 22.7 Å². The lowest BCUT2D eigenvalue weighted by Gasteiger charge is -2.20. The van der Waals surface area contributed by atoms with Crippen molar-refractivity contribution < 1.29 is 9.50 Å². The van der Waals surface area contributed by atoms with Gasteiger partial charge < -0.3 is 5.11 Å². The normalized spacial score (nSPS) is 13.2. The van der Waals surface area contributed by atoms with Crippen molar-refractivity contribution in [1.29, 1.82) is 0 Å². The van der Waals surface area contributed by atoms with Gasteiger partial charge in [-0.15, -0.1) is 0 Å². The summed E-state index contributed by atoms with van der Waals surface area (Å²) < 4.78 is 14.2. The quantitative estimate of drug-likeness (QED) is 0.878. The highest BCUT2D eigenvalue weighted by molar-refractivity contribution is 9.10. The van der Waals surface area contributed by atoms with Crippen molar-refractivity contribution in [2.24, 2.45) is 5.92 Å². The number of aliphatic hydroxyl groups is 1. The van der Waals surface area contributed by atoms with Crippen LogP contribution in [0.5, 0.6) is 0 Å². The van der Waals surface area contributed by atoms with Gasteiger partial charge in [0.1, 0.15) is 5.82 Å². The molecule has 0 aliphatic heterocycles. The van der Waals surface area contributed by atoms with E-state index in [0.29, 0.717) is 10.0 Å². The summed E-state index contributed by atoms with van der Waals surface area (Å²) in [5, 5.41) is 10.00. The molecule has 1 unspecified atom stereocenters. The average molecular weight is 275 g/mol. The first-order valence-electron chi connectivity index (χ1n) is 5.23. The molecular formula is C12H16BrFO. The second kappa shape index (κ2) is 5.61. The third-order valence-electron chi connectivity index (χ3n) is 2.78. The summed E-state index contributed by atoms with van der Waals surface area (Å²) in [4.78, 5) is 0. The van der Waals surface area contributed by atoms with Crippen LogP contribution in [0.2, 0.25) is 0 Å². The standard InChI is InChI=1S/C12H16BrFO/c1-3-8(4-2)12(15)10-6-5-9(13)7-11(10)14/h5-8,12,15H,3-4H2,1-2H3. The van der Waals surface area contributed by atoms with Gasteiger partial charge in [0.15, 0.2) is 0 Å². The fraction of sp³-hybridized carbons (Fsp3) is 0.500. The molecule has 84 valence electrons. The maximum absolute atomic E-state index is 13.5. The Kier molecular flexibility index (Phi) is 4.74. The van der Waals surface area contributed by atoms with Crippen LogP contribution in [-0.2, 0) is 0 Å². The molecule has 1 aromatic carbocycles. The van der Waals surface area contributed by atoms with E-state index >= 15 is 0 Å². The molecule has 0 bridgehead atoms. The van der Waals surface area contributed by atoms with Crippen LogP contribution >= 0.6 is 15.9 Å². The van der Waals surface area contributed by atoms with E-state index in [2.05, 4.69) is 15.9 Å². The largest absolute Gasteiger partial charge is 0.388 e. The minimum Gasteiger partial charge on any atom is -0.388 e. The van der Waals surface area contributed by atoms with E-state index in [1.54, 1.807) is 12.1 Å². The van der Waals surface area contributed by atoms with Gasteiger partial charge >= 0.3 is 0 Å². The molecule has 1 atom stereocenters. The van der Waals surface area contributed by atoms with E-state index in [4.69, 9.17) is 0 Å². The summed E-state index contributed by atoms with van der Waals surface area (Å²) in [7, 11) is 0. The Morgan fingerprint density at radius 3 is 2.40 bits per heavy atom. The van der Waals surface area contributed by atoms with Crippen LogP contribution in [0, 0.1) is 11.7 Å². The van der Waals surface area contributed by atoms with E-state index in [0.717, 1.165) is 12.8 Å². The van der Waals surface area contributed by atoms with Gasteiger partial charge in [-0.1, -0.05) is 48.7 Å². The van der Waals surface area contributed by atoms with E-state index < -0.39 is 6.10 Å². The molecule has 1 aromatic rings. The molecule has 0 fully saturated rings. The predicted octanol–water partition coefficient (Wildman–Crippen LogP) is 4.06. The second-order valence-corrected chi connectivity index (χ2v) is 4.60. The first-order valence-corrected chi connectivity index (χ1v) is 6.02. The summed E-state index contributed by atoms with van der Waals surface area (Å²) >= 11 is 3.19. The molecule has 1 N–H and O–H groups in total. The number of benzene rings is 1. The van der Waals surface area contributed by atoms with Crippen LogP contribution in [0.1, 0.15) is 38.4 Å². The molecule has 0 saturated carbocycles. The Morgan fingerprint density at radius 2 is 1.93 bits per heavy atom. The Bertz CT molecular complexity index is 323.